The molecule has 0 saturated carbocycles. The number of Topliss-reactive ketones (excluding diaryl/α,β-unsaturated/α-hetero) is 2. The van der Waals surface area contributed by atoms with Crippen LogP contribution < -0.4 is 4.74 Å². The Kier molecular flexibility index (Phi) is 4.59. The highest BCUT2D eigenvalue weighted by atomic mass is 16.5. The lowest BCUT2D eigenvalue weighted by molar-refractivity contribution is -0.127. The summed E-state index contributed by atoms with van der Waals surface area (Å²) < 4.78 is 6.87. The van der Waals surface area contributed by atoms with Gasteiger partial charge in [-0.1, -0.05) is 34.6 Å². The van der Waals surface area contributed by atoms with Crippen LogP contribution in [0, 0.1) is 11.3 Å². The predicted octanol–water partition coefficient (Wildman–Crippen LogP) is 3.50. The predicted molar refractivity (Wildman–Crippen MR) is 89.9 cm³/mol. The number of carbonyl (C=O) groups excluding carboxylic acids is 2. The zero-order chi connectivity index (χ0) is 17.4. The summed E-state index contributed by atoms with van der Waals surface area (Å²) in [5, 5.41) is 5.19. The van der Waals surface area contributed by atoms with Gasteiger partial charge in [0.2, 0.25) is 0 Å². The lowest BCUT2D eigenvalue weighted by atomic mass is 9.91. The summed E-state index contributed by atoms with van der Waals surface area (Å²) in [6.45, 7) is 9.46. The van der Waals surface area contributed by atoms with E-state index in [9.17, 15) is 9.59 Å². The molecule has 1 aromatic heterocycles. The number of ketones is 2. The van der Waals surface area contributed by atoms with Gasteiger partial charge in [-0.25, -0.2) is 0 Å². The highest BCUT2D eigenvalue weighted by Crippen LogP contribution is 2.26. The number of methoxy groups -OCH3 is 1. The fraction of sp³-hybridized carbons (Fsp3) is 0.500. The second-order valence-corrected chi connectivity index (χ2v) is 7.08. The highest BCUT2D eigenvalue weighted by Gasteiger charge is 2.25. The largest absolute Gasteiger partial charge is 0.497 e. The van der Waals surface area contributed by atoms with E-state index in [2.05, 4.69) is 5.10 Å². The molecule has 2 rings (SSSR count). The van der Waals surface area contributed by atoms with Crippen molar-refractivity contribution in [2.24, 2.45) is 11.3 Å². The van der Waals surface area contributed by atoms with E-state index in [0.29, 0.717) is 11.4 Å². The molecule has 1 aromatic carbocycles. The number of hydrogen-bond acceptors (Lipinski definition) is 4. The van der Waals surface area contributed by atoms with E-state index in [0.717, 1.165) is 10.9 Å². The number of rotatable bonds is 5. The first-order chi connectivity index (χ1) is 10.6. The number of aromatic nitrogens is 2. The normalized spacial score (nSPS) is 12.0. The minimum atomic E-state index is -0.459. The Morgan fingerprint density at radius 1 is 1.26 bits per heavy atom. The summed E-state index contributed by atoms with van der Waals surface area (Å²) in [4.78, 5) is 24.8. The maximum Gasteiger partial charge on any atom is 0.186 e. The van der Waals surface area contributed by atoms with Crippen molar-refractivity contribution < 1.29 is 14.3 Å². The van der Waals surface area contributed by atoms with Crippen LogP contribution >= 0.6 is 0 Å². The van der Waals surface area contributed by atoms with Crippen molar-refractivity contribution in [3.8, 4) is 5.75 Å². The molecule has 0 N–H and O–H groups in total. The number of hydrogen-bond donors (Lipinski definition) is 0. The maximum absolute atomic E-state index is 12.4. The average Bonchev–Trinajstić information content (AvgIpc) is 2.83. The second-order valence-electron chi connectivity index (χ2n) is 7.08. The molecule has 0 aliphatic rings. The number of carbonyl (C=O) groups is 2. The second kappa shape index (κ2) is 6.14. The van der Waals surface area contributed by atoms with Gasteiger partial charge in [-0.3, -0.25) is 14.3 Å². The Hall–Kier alpha value is -2.17. The van der Waals surface area contributed by atoms with Crippen LogP contribution in [0.1, 0.15) is 45.1 Å². The summed E-state index contributed by atoms with van der Waals surface area (Å²) in [6, 6.07) is 5.45. The van der Waals surface area contributed by atoms with Gasteiger partial charge in [0.05, 0.1) is 12.6 Å². The Bertz CT molecular complexity index is 751. The van der Waals surface area contributed by atoms with E-state index in [1.165, 1.54) is 0 Å². The molecular formula is C18H24N2O3. The molecule has 0 spiro atoms. The SMILES string of the molecule is COc1ccc2c(C(=O)C(C)C)nn(CC(=O)C(C)(C)C)c2c1. The molecule has 0 amide bonds. The Morgan fingerprint density at radius 3 is 2.43 bits per heavy atom. The lowest BCUT2D eigenvalue weighted by Gasteiger charge is -2.16. The topological polar surface area (TPSA) is 61.2 Å². The molecule has 2 aromatic rings. The van der Waals surface area contributed by atoms with Crippen LogP contribution in [-0.4, -0.2) is 28.5 Å². The van der Waals surface area contributed by atoms with Crippen LogP contribution in [0.25, 0.3) is 10.9 Å². The summed E-state index contributed by atoms with van der Waals surface area (Å²) in [5.74, 6) is 0.558. The smallest absolute Gasteiger partial charge is 0.186 e. The van der Waals surface area contributed by atoms with E-state index in [1.54, 1.807) is 17.9 Å². The molecule has 0 fully saturated rings. The Labute approximate surface area is 136 Å². The van der Waals surface area contributed by atoms with E-state index >= 15 is 0 Å². The molecule has 1 heterocycles. The lowest BCUT2D eigenvalue weighted by Crippen LogP contribution is -2.25. The molecule has 0 atom stereocenters. The summed E-state index contributed by atoms with van der Waals surface area (Å²) >= 11 is 0. The van der Waals surface area contributed by atoms with Crippen molar-refractivity contribution in [2.45, 2.75) is 41.2 Å². The minimum Gasteiger partial charge on any atom is -0.497 e. The molecule has 0 aliphatic heterocycles. The van der Waals surface area contributed by atoms with Crippen LogP contribution in [0.2, 0.25) is 0 Å². The van der Waals surface area contributed by atoms with E-state index in [-0.39, 0.29) is 24.0 Å². The number of benzene rings is 1. The molecule has 0 radical (unpaired) electrons. The minimum absolute atomic E-state index is 0.0258. The van der Waals surface area contributed by atoms with Gasteiger partial charge in [0.25, 0.3) is 0 Å². The third-order valence-corrected chi connectivity index (χ3v) is 3.85. The van der Waals surface area contributed by atoms with E-state index in [4.69, 9.17) is 4.74 Å². The molecule has 5 heteroatoms. The first-order valence-corrected chi connectivity index (χ1v) is 7.77. The zero-order valence-corrected chi connectivity index (χ0v) is 14.6. The van der Waals surface area contributed by atoms with Gasteiger partial charge in [-0.05, 0) is 12.1 Å². The third-order valence-electron chi connectivity index (χ3n) is 3.85. The van der Waals surface area contributed by atoms with Crippen molar-refractivity contribution in [2.75, 3.05) is 7.11 Å². The fourth-order valence-corrected chi connectivity index (χ4v) is 2.23. The number of ether oxygens (including phenoxy) is 1. The molecular weight excluding hydrogens is 292 g/mol. The first-order valence-electron chi connectivity index (χ1n) is 7.77. The van der Waals surface area contributed by atoms with E-state index < -0.39 is 5.41 Å². The fourth-order valence-electron chi connectivity index (χ4n) is 2.23. The molecule has 124 valence electrons. The van der Waals surface area contributed by atoms with Crippen LogP contribution in [0.15, 0.2) is 18.2 Å². The molecule has 5 nitrogen and oxygen atoms in total. The van der Waals surface area contributed by atoms with Gasteiger partial charge in [0, 0.05) is 22.8 Å². The molecule has 0 bridgehead atoms. The van der Waals surface area contributed by atoms with Crippen molar-refractivity contribution in [3.05, 3.63) is 23.9 Å². The summed E-state index contributed by atoms with van der Waals surface area (Å²) in [6.07, 6.45) is 0. The quantitative estimate of drug-likeness (QED) is 0.792. The summed E-state index contributed by atoms with van der Waals surface area (Å²) in [7, 11) is 1.59. The van der Waals surface area contributed by atoms with Crippen molar-refractivity contribution in [1.82, 2.24) is 9.78 Å². The average molecular weight is 316 g/mol. The van der Waals surface area contributed by atoms with Crippen molar-refractivity contribution in [3.63, 3.8) is 0 Å². The van der Waals surface area contributed by atoms with Gasteiger partial charge in [-0.15, -0.1) is 0 Å². The van der Waals surface area contributed by atoms with Crippen LogP contribution in [-0.2, 0) is 11.3 Å². The van der Waals surface area contributed by atoms with Crippen LogP contribution in [0.3, 0.4) is 0 Å². The first kappa shape index (κ1) is 17.2. The van der Waals surface area contributed by atoms with Gasteiger partial charge >= 0.3 is 0 Å². The molecule has 0 aliphatic carbocycles. The summed E-state index contributed by atoms with van der Waals surface area (Å²) in [5.41, 5.74) is 0.699. The molecule has 0 unspecified atom stereocenters. The van der Waals surface area contributed by atoms with Crippen LogP contribution in [0.4, 0.5) is 0 Å². The Balaban J connectivity index is 2.59. The van der Waals surface area contributed by atoms with Gasteiger partial charge < -0.3 is 4.74 Å². The number of nitrogens with zero attached hydrogens (tertiary/aromatic N) is 2. The molecule has 0 saturated heterocycles. The van der Waals surface area contributed by atoms with Crippen molar-refractivity contribution in [1.29, 1.82) is 0 Å². The highest BCUT2D eigenvalue weighted by molar-refractivity contribution is 6.07. The van der Waals surface area contributed by atoms with Gasteiger partial charge in [-0.2, -0.15) is 5.10 Å². The molecule has 23 heavy (non-hydrogen) atoms. The third kappa shape index (κ3) is 3.44. The van der Waals surface area contributed by atoms with Crippen molar-refractivity contribution >= 4 is 22.5 Å². The maximum atomic E-state index is 12.4. The van der Waals surface area contributed by atoms with Gasteiger partial charge in [0.15, 0.2) is 11.6 Å². The number of fused-ring (bicyclic) bond motifs is 1. The monoisotopic (exact) mass is 316 g/mol. The van der Waals surface area contributed by atoms with Crippen LogP contribution in [0.5, 0.6) is 5.75 Å². The van der Waals surface area contributed by atoms with Gasteiger partial charge in [0.1, 0.15) is 18.0 Å². The Morgan fingerprint density at radius 2 is 1.91 bits per heavy atom. The zero-order valence-electron chi connectivity index (χ0n) is 14.6. The standard InChI is InChI=1S/C18H24N2O3/c1-11(2)17(22)16-13-8-7-12(23-6)9-14(13)20(19-16)10-15(21)18(3,4)5/h7-9,11H,10H2,1-6H3. The van der Waals surface area contributed by atoms with E-state index in [1.807, 2.05) is 46.8 Å².